The second-order valence-electron chi connectivity index (χ2n) is 5.13. The van der Waals surface area contributed by atoms with Crippen molar-refractivity contribution in [2.24, 2.45) is 0 Å². The summed E-state index contributed by atoms with van der Waals surface area (Å²) in [4.78, 5) is 7.17. The van der Waals surface area contributed by atoms with E-state index in [0.29, 0.717) is 0 Å². The van der Waals surface area contributed by atoms with E-state index < -0.39 is 34.0 Å². The van der Waals surface area contributed by atoms with Crippen LogP contribution in [-0.4, -0.2) is 16.0 Å². The second-order valence-corrected chi connectivity index (χ2v) is 5.13. The van der Waals surface area contributed by atoms with Crippen molar-refractivity contribution in [3.63, 3.8) is 0 Å². The Labute approximate surface area is 132 Å². The summed E-state index contributed by atoms with van der Waals surface area (Å²) in [6.07, 6.45) is 3.51. The van der Waals surface area contributed by atoms with Crippen molar-refractivity contribution in [2.45, 2.75) is 45.6 Å². The van der Waals surface area contributed by atoms with Crippen molar-refractivity contribution >= 4 is 28.4 Å². The summed E-state index contributed by atoms with van der Waals surface area (Å²) in [6.45, 7) is 4.00. The van der Waals surface area contributed by atoms with Crippen molar-refractivity contribution in [3.05, 3.63) is 17.5 Å². The molecule has 1 saturated carbocycles. The molecule has 8 heteroatoms. The number of nitrogens with two attached hydrogens (primary N) is 2. The summed E-state index contributed by atoms with van der Waals surface area (Å²) in [5.74, 6) is -4.27. The van der Waals surface area contributed by atoms with Crippen LogP contribution in [0.4, 0.5) is 30.6 Å². The van der Waals surface area contributed by atoms with E-state index in [1.54, 1.807) is 0 Å². The summed E-state index contributed by atoms with van der Waals surface area (Å²) in [5, 5.41) is 2.23. The summed E-state index contributed by atoms with van der Waals surface area (Å²) in [5.41, 5.74) is 9.93. The fourth-order valence-corrected chi connectivity index (χ4v) is 2.71. The third-order valence-electron chi connectivity index (χ3n) is 3.72. The Bertz CT molecular complexity index is 714. The number of hydrogen-bond donors (Lipinski definition) is 3. The van der Waals surface area contributed by atoms with Gasteiger partial charge in [0.2, 0.25) is 5.95 Å². The van der Waals surface area contributed by atoms with Crippen LogP contribution in [0, 0.1) is 17.5 Å². The molecule has 3 rings (SSSR count). The van der Waals surface area contributed by atoms with E-state index in [-0.39, 0.29) is 17.8 Å². The van der Waals surface area contributed by atoms with Crippen LogP contribution in [0.2, 0.25) is 0 Å². The molecular formula is C15H20F3N5. The van der Waals surface area contributed by atoms with Gasteiger partial charge in [-0.05, 0) is 12.8 Å². The Morgan fingerprint density at radius 3 is 2.17 bits per heavy atom. The van der Waals surface area contributed by atoms with Crippen LogP contribution in [0.25, 0.3) is 10.9 Å². The van der Waals surface area contributed by atoms with Crippen LogP contribution >= 0.6 is 0 Å². The zero-order valence-corrected chi connectivity index (χ0v) is 13.1. The molecule has 2 aromatic rings. The molecule has 126 valence electrons. The van der Waals surface area contributed by atoms with E-state index in [4.69, 9.17) is 11.5 Å². The highest BCUT2D eigenvalue weighted by atomic mass is 19.2. The molecule has 0 bridgehead atoms. The third kappa shape index (κ3) is 3.11. The van der Waals surface area contributed by atoms with Crippen LogP contribution in [0.15, 0.2) is 0 Å². The highest BCUT2D eigenvalue weighted by Gasteiger charge is 2.26. The number of fused-ring (bicyclic) bond motifs is 1. The van der Waals surface area contributed by atoms with Gasteiger partial charge in [-0.2, -0.15) is 4.98 Å². The van der Waals surface area contributed by atoms with Gasteiger partial charge < -0.3 is 16.8 Å². The molecule has 0 amide bonds. The molecule has 5 N–H and O–H groups in total. The van der Waals surface area contributed by atoms with E-state index in [1.807, 2.05) is 13.8 Å². The Morgan fingerprint density at radius 1 is 0.957 bits per heavy atom. The minimum Gasteiger partial charge on any atom is -0.383 e. The highest BCUT2D eigenvalue weighted by molar-refractivity contribution is 5.92. The lowest BCUT2D eigenvalue weighted by Crippen LogP contribution is -2.18. The van der Waals surface area contributed by atoms with E-state index in [0.717, 1.165) is 25.7 Å². The Balaban J connectivity index is 0.000000924. The van der Waals surface area contributed by atoms with E-state index in [2.05, 4.69) is 15.3 Å². The molecule has 1 aliphatic rings. The van der Waals surface area contributed by atoms with Gasteiger partial charge in [0.25, 0.3) is 0 Å². The predicted octanol–water partition coefficient (Wildman–Crippen LogP) is 3.59. The third-order valence-corrected chi connectivity index (χ3v) is 3.72. The number of halogens is 3. The van der Waals surface area contributed by atoms with Crippen LogP contribution in [0.1, 0.15) is 39.5 Å². The van der Waals surface area contributed by atoms with Gasteiger partial charge in [-0.1, -0.05) is 26.7 Å². The van der Waals surface area contributed by atoms with Gasteiger partial charge in [-0.3, -0.25) is 0 Å². The molecule has 1 aliphatic carbocycles. The molecule has 0 saturated heterocycles. The standard InChI is InChI=1S/C13H14F3N5.C2H6/c14-7-6-10(20-13(18)21-12(6)17)9(16)11(8(7)15)19-5-3-1-2-4-5;1-2/h5,19H,1-4H2,(H4,17,18,20,21);1-2H3. The van der Waals surface area contributed by atoms with Crippen molar-refractivity contribution in [1.82, 2.24) is 9.97 Å². The Morgan fingerprint density at radius 2 is 1.57 bits per heavy atom. The minimum absolute atomic E-state index is 0.0811. The molecule has 1 aromatic carbocycles. The number of rotatable bonds is 2. The molecule has 0 radical (unpaired) electrons. The molecule has 1 heterocycles. The maximum atomic E-state index is 14.5. The van der Waals surface area contributed by atoms with Crippen molar-refractivity contribution in [2.75, 3.05) is 16.8 Å². The second kappa shape index (κ2) is 6.89. The summed E-state index contributed by atoms with van der Waals surface area (Å²) in [7, 11) is 0. The number of anilines is 3. The minimum atomic E-state index is -1.31. The van der Waals surface area contributed by atoms with E-state index in [9.17, 15) is 13.2 Å². The smallest absolute Gasteiger partial charge is 0.222 e. The lowest BCUT2D eigenvalue weighted by molar-refractivity contribution is 0.506. The number of hydrogen-bond acceptors (Lipinski definition) is 5. The number of benzene rings is 1. The first-order chi connectivity index (χ1) is 11.0. The van der Waals surface area contributed by atoms with Crippen LogP contribution in [-0.2, 0) is 0 Å². The monoisotopic (exact) mass is 327 g/mol. The number of aromatic nitrogens is 2. The predicted molar refractivity (Wildman–Crippen MR) is 85.5 cm³/mol. The molecule has 0 aliphatic heterocycles. The SMILES string of the molecule is CC.Nc1nc(N)c2c(F)c(F)c(NC3CCCC3)c(F)c2n1. The lowest BCUT2D eigenvalue weighted by Gasteiger charge is -2.17. The largest absolute Gasteiger partial charge is 0.383 e. The molecule has 0 unspecified atom stereocenters. The lowest BCUT2D eigenvalue weighted by atomic mass is 10.1. The maximum Gasteiger partial charge on any atom is 0.222 e. The Hall–Kier alpha value is -2.25. The maximum absolute atomic E-state index is 14.5. The molecule has 1 fully saturated rings. The summed E-state index contributed by atoms with van der Waals surface area (Å²) < 4.78 is 42.7. The molecule has 5 nitrogen and oxygen atoms in total. The van der Waals surface area contributed by atoms with Gasteiger partial charge >= 0.3 is 0 Å². The Kier molecular flexibility index (Phi) is 5.12. The quantitative estimate of drug-likeness (QED) is 0.733. The number of nitrogens with one attached hydrogen (secondary N) is 1. The van der Waals surface area contributed by atoms with Gasteiger partial charge in [0, 0.05) is 6.04 Å². The van der Waals surface area contributed by atoms with E-state index in [1.165, 1.54) is 0 Å². The number of nitrogens with zero attached hydrogens (tertiary/aromatic N) is 2. The first kappa shape index (κ1) is 17.1. The first-order valence-electron chi connectivity index (χ1n) is 7.64. The van der Waals surface area contributed by atoms with Gasteiger partial charge in [0.1, 0.15) is 17.0 Å². The molecule has 1 aromatic heterocycles. The van der Waals surface area contributed by atoms with Crippen LogP contribution < -0.4 is 16.8 Å². The average molecular weight is 327 g/mol. The van der Waals surface area contributed by atoms with Crippen molar-refractivity contribution in [1.29, 1.82) is 0 Å². The fraction of sp³-hybridized carbons (Fsp3) is 0.467. The van der Waals surface area contributed by atoms with Gasteiger partial charge in [0.05, 0.1) is 5.39 Å². The zero-order valence-electron chi connectivity index (χ0n) is 13.1. The molecule has 0 atom stereocenters. The van der Waals surface area contributed by atoms with Crippen LogP contribution in [0.5, 0.6) is 0 Å². The normalized spacial score (nSPS) is 14.7. The number of nitrogen functional groups attached to an aromatic ring is 2. The zero-order chi connectivity index (χ0) is 17.1. The van der Waals surface area contributed by atoms with Crippen molar-refractivity contribution < 1.29 is 13.2 Å². The highest BCUT2D eigenvalue weighted by Crippen LogP contribution is 2.34. The fourth-order valence-electron chi connectivity index (χ4n) is 2.71. The molecule has 23 heavy (non-hydrogen) atoms. The van der Waals surface area contributed by atoms with Gasteiger partial charge in [-0.25, -0.2) is 18.2 Å². The summed E-state index contributed by atoms with van der Waals surface area (Å²) >= 11 is 0. The summed E-state index contributed by atoms with van der Waals surface area (Å²) in [6, 6.07) is -0.0811. The van der Waals surface area contributed by atoms with Gasteiger partial charge in [0.15, 0.2) is 17.5 Å². The molecular weight excluding hydrogens is 307 g/mol. The van der Waals surface area contributed by atoms with Crippen LogP contribution in [0.3, 0.4) is 0 Å². The molecule has 0 spiro atoms. The topological polar surface area (TPSA) is 89.8 Å². The first-order valence-corrected chi connectivity index (χ1v) is 7.64. The van der Waals surface area contributed by atoms with Crippen molar-refractivity contribution in [3.8, 4) is 0 Å². The average Bonchev–Trinajstić information content (AvgIpc) is 3.04. The van der Waals surface area contributed by atoms with Gasteiger partial charge in [-0.15, -0.1) is 0 Å². The van der Waals surface area contributed by atoms with E-state index >= 15 is 0 Å².